The zero-order valence-corrected chi connectivity index (χ0v) is 16.8. The van der Waals surface area contributed by atoms with Crippen molar-refractivity contribution < 1.29 is 14.3 Å². The van der Waals surface area contributed by atoms with Crippen molar-refractivity contribution in [1.29, 1.82) is 0 Å². The summed E-state index contributed by atoms with van der Waals surface area (Å²) < 4.78 is 6.76. The van der Waals surface area contributed by atoms with Gasteiger partial charge in [0.2, 0.25) is 5.52 Å². The molecule has 154 valence electrons. The van der Waals surface area contributed by atoms with Gasteiger partial charge in [0.05, 0.1) is 23.2 Å². The Balaban J connectivity index is 1.36. The van der Waals surface area contributed by atoms with Crippen LogP contribution in [0.1, 0.15) is 15.9 Å². The molecular weight excluding hydrogens is 394 g/mol. The third kappa shape index (κ3) is 3.38. The van der Waals surface area contributed by atoms with Crippen LogP contribution in [0.3, 0.4) is 0 Å². The molecule has 31 heavy (non-hydrogen) atoms. The first-order chi connectivity index (χ1) is 15.1. The molecule has 0 fully saturated rings. The maximum Gasteiger partial charge on any atom is 0.261 e. The van der Waals surface area contributed by atoms with Crippen LogP contribution >= 0.6 is 0 Å². The topological polar surface area (TPSA) is 94.3 Å². The zero-order valence-electron chi connectivity index (χ0n) is 16.8. The summed E-state index contributed by atoms with van der Waals surface area (Å²) in [6.45, 7) is 0.382. The Morgan fingerprint density at radius 1 is 1.13 bits per heavy atom. The lowest BCUT2D eigenvalue weighted by atomic mass is 10.1. The predicted molar refractivity (Wildman–Crippen MR) is 117 cm³/mol. The number of fused-ring (bicyclic) bond motifs is 3. The van der Waals surface area contributed by atoms with Crippen molar-refractivity contribution in [1.82, 2.24) is 9.97 Å². The molecule has 0 unspecified atom stereocenters. The number of carbonyl (C=O) groups is 1. The number of rotatable bonds is 4. The van der Waals surface area contributed by atoms with E-state index in [1.54, 1.807) is 42.5 Å². The molecule has 1 aromatic carbocycles. The van der Waals surface area contributed by atoms with Gasteiger partial charge >= 0.3 is 0 Å². The van der Waals surface area contributed by atoms with Crippen molar-refractivity contribution in [3.63, 3.8) is 0 Å². The first-order valence-corrected chi connectivity index (χ1v) is 9.84. The molecular formula is C23H19N5O3. The number of hydrogen-bond donors (Lipinski definition) is 1. The number of hydrogen-bond acceptors (Lipinski definition) is 6. The van der Waals surface area contributed by atoms with Crippen LogP contribution in [0.4, 0.5) is 17.3 Å². The highest BCUT2D eigenvalue weighted by molar-refractivity contribution is 6.12. The fraction of sp³-hybridized carbons (Fsp3) is 0.130. The highest BCUT2D eigenvalue weighted by Crippen LogP contribution is 2.32. The fourth-order valence-electron chi connectivity index (χ4n) is 3.66. The molecule has 1 aliphatic rings. The predicted octanol–water partition coefficient (Wildman–Crippen LogP) is 3.22. The summed E-state index contributed by atoms with van der Waals surface area (Å²) in [6, 6.07) is 14.4. The second kappa shape index (κ2) is 7.56. The molecule has 8 nitrogen and oxygen atoms in total. The second-order valence-electron chi connectivity index (χ2n) is 7.22. The van der Waals surface area contributed by atoms with Gasteiger partial charge in [0.25, 0.3) is 5.91 Å². The third-order valence-corrected chi connectivity index (χ3v) is 5.28. The Bertz CT molecular complexity index is 1310. The van der Waals surface area contributed by atoms with Crippen molar-refractivity contribution in [3.8, 4) is 5.75 Å². The van der Waals surface area contributed by atoms with E-state index in [0.29, 0.717) is 47.2 Å². The van der Waals surface area contributed by atoms with Crippen molar-refractivity contribution in [2.45, 2.75) is 6.42 Å². The van der Waals surface area contributed by atoms with Crippen LogP contribution < -0.4 is 19.7 Å². The number of nitrogens with zero attached hydrogens (tertiary/aromatic N) is 4. The van der Waals surface area contributed by atoms with Gasteiger partial charge in [0.1, 0.15) is 11.6 Å². The summed E-state index contributed by atoms with van der Waals surface area (Å²) in [4.78, 5) is 23.3. The number of anilines is 3. The Labute approximate surface area is 178 Å². The fourth-order valence-corrected chi connectivity index (χ4v) is 3.66. The molecule has 0 atom stereocenters. The lowest BCUT2D eigenvalue weighted by molar-refractivity contribution is -0.577. The zero-order chi connectivity index (χ0) is 21.4. The van der Waals surface area contributed by atoms with Crippen molar-refractivity contribution in [2.75, 3.05) is 23.9 Å². The smallest absolute Gasteiger partial charge is 0.261 e. The monoisotopic (exact) mass is 413 g/mol. The number of nitrogens with one attached hydrogen (secondary N) is 1. The maximum absolute atomic E-state index is 13.0. The van der Waals surface area contributed by atoms with Crippen molar-refractivity contribution in [3.05, 3.63) is 83.5 Å². The molecule has 4 aromatic rings. The molecule has 0 aliphatic carbocycles. The van der Waals surface area contributed by atoms with E-state index in [1.165, 1.54) is 6.20 Å². The summed E-state index contributed by atoms with van der Waals surface area (Å²) >= 11 is 0. The molecule has 0 saturated heterocycles. The van der Waals surface area contributed by atoms with Crippen LogP contribution in [0.2, 0.25) is 0 Å². The van der Waals surface area contributed by atoms with Gasteiger partial charge in [-0.15, -0.1) is 0 Å². The van der Waals surface area contributed by atoms with E-state index in [-0.39, 0.29) is 5.91 Å². The van der Waals surface area contributed by atoms with Gasteiger partial charge in [-0.3, -0.25) is 4.79 Å². The maximum atomic E-state index is 13.0. The van der Waals surface area contributed by atoms with Crippen molar-refractivity contribution in [2.24, 2.45) is 0 Å². The Kier molecular flexibility index (Phi) is 4.59. The second-order valence-corrected chi connectivity index (χ2v) is 7.22. The molecule has 0 bridgehead atoms. The van der Waals surface area contributed by atoms with Crippen LogP contribution in [0.25, 0.3) is 10.9 Å². The minimum absolute atomic E-state index is 0.154. The number of para-hydroxylation sites is 1. The molecule has 1 aliphatic heterocycles. The highest BCUT2D eigenvalue weighted by Gasteiger charge is 2.25. The van der Waals surface area contributed by atoms with E-state index in [2.05, 4.69) is 15.3 Å². The molecule has 3 aromatic heterocycles. The Morgan fingerprint density at radius 3 is 2.90 bits per heavy atom. The van der Waals surface area contributed by atoms with Crippen LogP contribution in [0, 0.1) is 5.21 Å². The first kappa shape index (κ1) is 18.8. The number of carbonyl (C=O) groups excluding carboxylic acids is 1. The number of benzene rings is 1. The van der Waals surface area contributed by atoms with E-state index in [4.69, 9.17) is 4.74 Å². The van der Waals surface area contributed by atoms with Crippen LogP contribution in [-0.2, 0) is 6.42 Å². The molecule has 5 rings (SSSR count). The third-order valence-electron chi connectivity index (χ3n) is 5.28. The lowest BCUT2D eigenvalue weighted by Gasteiger charge is -2.16. The Hall–Kier alpha value is -4.20. The van der Waals surface area contributed by atoms with E-state index in [0.717, 1.165) is 15.7 Å². The molecule has 8 heteroatoms. The minimum Gasteiger partial charge on any atom is -0.618 e. The SMILES string of the molecule is CN1C(=O)c2cc(CCOc3cc[n+]([O-])c4ccccc34)cnc2Nc2ncccc21. The van der Waals surface area contributed by atoms with E-state index in [1.807, 2.05) is 30.3 Å². The quantitative estimate of drug-likeness (QED) is 0.408. The summed E-state index contributed by atoms with van der Waals surface area (Å²) in [5.74, 6) is 1.56. The summed E-state index contributed by atoms with van der Waals surface area (Å²) in [5.41, 5.74) is 2.61. The van der Waals surface area contributed by atoms with Crippen molar-refractivity contribution >= 4 is 34.1 Å². The van der Waals surface area contributed by atoms with Crippen LogP contribution in [-0.4, -0.2) is 29.5 Å². The van der Waals surface area contributed by atoms with Crippen LogP contribution in [0.5, 0.6) is 5.75 Å². The Morgan fingerprint density at radius 2 is 2.00 bits per heavy atom. The number of aromatic nitrogens is 3. The standard InChI is InChI=1S/C23H19N5O3/c1-27-19-7-4-10-24-22(19)26-21-17(23(27)29)13-15(14-25-21)9-12-31-20-8-11-28(30)18-6-3-2-5-16(18)20/h2-8,10-11,13-14H,9,12H2,1H3,(H,24,25,26). The largest absolute Gasteiger partial charge is 0.618 e. The van der Waals surface area contributed by atoms with Gasteiger partial charge in [0.15, 0.2) is 12.0 Å². The first-order valence-electron chi connectivity index (χ1n) is 9.84. The van der Waals surface area contributed by atoms with Gasteiger partial charge in [0, 0.05) is 38.0 Å². The number of ether oxygens (including phenoxy) is 1. The van der Waals surface area contributed by atoms with E-state index < -0.39 is 0 Å². The molecule has 0 spiro atoms. The average Bonchev–Trinajstić information content (AvgIpc) is 2.90. The van der Waals surface area contributed by atoms with E-state index in [9.17, 15) is 10.0 Å². The molecule has 1 N–H and O–H groups in total. The lowest BCUT2D eigenvalue weighted by Crippen LogP contribution is -2.26. The summed E-state index contributed by atoms with van der Waals surface area (Å²) in [6.07, 6.45) is 5.39. The van der Waals surface area contributed by atoms with E-state index >= 15 is 0 Å². The summed E-state index contributed by atoms with van der Waals surface area (Å²) in [5, 5.41) is 15.8. The van der Waals surface area contributed by atoms with Gasteiger partial charge in [-0.05, 0) is 29.8 Å². The molecule has 0 saturated carbocycles. The molecule has 4 heterocycles. The van der Waals surface area contributed by atoms with Gasteiger partial charge < -0.3 is 20.2 Å². The van der Waals surface area contributed by atoms with Gasteiger partial charge in [-0.1, -0.05) is 12.1 Å². The normalized spacial score (nSPS) is 12.7. The van der Waals surface area contributed by atoms with Crippen LogP contribution in [0.15, 0.2) is 67.1 Å². The summed E-state index contributed by atoms with van der Waals surface area (Å²) in [7, 11) is 1.72. The highest BCUT2D eigenvalue weighted by atomic mass is 16.5. The minimum atomic E-state index is -0.154. The van der Waals surface area contributed by atoms with Gasteiger partial charge in [-0.2, -0.15) is 4.73 Å². The number of pyridine rings is 3. The van der Waals surface area contributed by atoms with Gasteiger partial charge in [-0.25, -0.2) is 9.97 Å². The molecule has 1 amide bonds. The average molecular weight is 413 g/mol. The number of amides is 1. The molecule has 0 radical (unpaired) electrons.